The van der Waals surface area contributed by atoms with Crippen LogP contribution in [0.25, 0.3) is 5.52 Å². The number of carboxylic acids is 1. The monoisotopic (exact) mass is 253 g/mol. The number of nitrogens with zero attached hydrogens (tertiary/aromatic N) is 1. The largest absolute Gasteiger partial charge is 0.478 e. The van der Waals surface area contributed by atoms with E-state index in [2.05, 4.69) is 0 Å². The number of hydrogen-bond donors (Lipinski definition) is 1. The predicted molar refractivity (Wildman–Crippen MR) is 64.9 cm³/mol. The van der Waals surface area contributed by atoms with E-state index in [4.69, 9.17) is 16.3 Å². The third kappa shape index (κ3) is 2.01. The van der Waals surface area contributed by atoms with Gasteiger partial charge in [-0.2, -0.15) is 0 Å². The lowest BCUT2D eigenvalue weighted by Crippen LogP contribution is -1.99. The highest BCUT2D eigenvalue weighted by molar-refractivity contribution is 6.35. The van der Waals surface area contributed by atoms with E-state index in [1.165, 1.54) is 0 Å². The van der Waals surface area contributed by atoms with Gasteiger partial charge in [-0.15, -0.1) is 0 Å². The van der Waals surface area contributed by atoms with Crippen LogP contribution >= 0.6 is 11.6 Å². The number of halogens is 1. The minimum Gasteiger partial charge on any atom is -0.478 e. The second kappa shape index (κ2) is 4.77. The molecule has 0 saturated carbocycles. The molecule has 17 heavy (non-hydrogen) atoms. The minimum atomic E-state index is -1.01. The van der Waals surface area contributed by atoms with Gasteiger partial charge in [-0.05, 0) is 12.1 Å². The van der Waals surface area contributed by atoms with Gasteiger partial charge >= 0.3 is 5.97 Å². The van der Waals surface area contributed by atoms with Crippen molar-refractivity contribution >= 4 is 23.1 Å². The molecule has 0 bridgehead atoms. The summed E-state index contributed by atoms with van der Waals surface area (Å²) in [7, 11) is 1.60. The molecule has 2 heterocycles. The van der Waals surface area contributed by atoms with Crippen molar-refractivity contribution in [2.75, 3.05) is 13.7 Å². The van der Waals surface area contributed by atoms with Crippen LogP contribution in [0, 0.1) is 0 Å². The minimum absolute atomic E-state index is 0.151. The molecule has 2 aromatic rings. The average molecular weight is 254 g/mol. The molecule has 0 spiro atoms. The quantitative estimate of drug-likeness (QED) is 0.911. The van der Waals surface area contributed by atoms with E-state index in [9.17, 15) is 9.90 Å². The van der Waals surface area contributed by atoms with Crippen LogP contribution in [0.4, 0.5) is 0 Å². The first-order valence-electron chi connectivity index (χ1n) is 5.16. The molecule has 2 aromatic heterocycles. The highest BCUT2D eigenvalue weighted by Gasteiger charge is 2.20. The highest BCUT2D eigenvalue weighted by Crippen LogP contribution is 2.28. The van der Waals surface area contributed by atoms with Gasteiger partial charge in [0.1, 0.15) is 5.56 Å². The van der Waals surface area contributed by atoms with Crippen molar-refractivity contribution in [3.8, 4) is 0 Å². The molecule has 0 aliphatic heterocycles. The second-order valence-electron chi connectivity index (χ2n) is 3.64. The van der Waals surface area contributed by atoms with Gasteiger partial charge in [-0.25, -0.2) is 4.79 Å². The summed E-state index contributed by atoms with van der Waals surface area (Å²) in [4.78, 5) is 11.2. The topological polar surface area (TPSA) is 50.9 Å². The Labute approximate surface area is 103 Å². The maximum absolute atomic E-state index is 11.2. The fourth-order valence-electron chi connectivity index (χ4n) is 1.88. The smallest absolute Gasteiger partial charge is 0.339 e. The first-order chi connectivity index (χ1) is 8.16. The maximum Gasteiger partial charge on any atom is 0.339 e. The van der Waals surface area contributed by atoms with Crippen molar-refractivity contribution in [1.82, 2.24) is 4.40 Å². The molecule has 90 valence electrons. The number of aromatic nitrogens is 1. The Kier molecular flexibility index (Phi) is 3.36. The number of aromatic carboxylic acids is 1. The Morgan fingerprint density at radius 2 is 2.29 bits per heavy atom. The number of carboxylic acid groups (broad SMARTS) is 1. The molecule has 5 heteroatoms. The summed E-state index contributed by atoms with van der Waals surface area (Å²) in [5.74, 6) is -1.01. The number of hydrogen-bond acceptors (Lipinski definition) is 2. The van der Waals surface area contributed by atoms with Crippen LogP contribution in [0.3, 0.4) is 0 Å². The Morgan fingerprint density at radius 3 is 2.94 bits per heavy atom. The lowest BCUT2D eigenvalue weighted by Gasteiger charge is -2.02. The van der Waals surface area contributed by atoms with Gasteiger partial charge in [-0.1, -0.05) is 17.7 Å². The summed E-state index contributed by atoms with van der Waals surface area (Å²) in [6.45, 7) is 0.500. The van der Waals surface area contributed by atoms with Crippen molar-refractivity contribution in [1.29, 1.82) is 0 Å². The van der Waals surface area contributed by atoms with E-state index in [0.717, 1.165) is 5.69 Å². The van der Waals surface area contributed by atoms with E-state index >= 15 is 0 Å². The van der Waals surface area contributed by atoms with Crippen LogP contribution in [0.1, 0.15) is 16.1 Å². The zero-order valence-electron chi connectivity index (χ0n) is 9.31. The summed E-state index contributed by atoms with van der Waals surface area (Å²) >= 11 is 6.13. The molecule has 2 rings (SSSR count). The molecule has 0 aliphatic rings. The Bertz CT molecular complexity index is 562. The van der Waals surface area contributed by atoms with Crippen molar-refractivity contribution in [3.63, 3.8) is 0 Å². The average Bonchev–Trinajstić information content (AvgIpc) is 2.58. The zero-order valence-corrected chi connectivity index (χ0v) is 10.1. The maximum atomic E-state index is 11.2. The lowest BCUT2D eigenvalue weighted by atomic mass is 10.2. The molecular weight excluding hydrogens is 242 g/mol. The summed E-state index contributed by atoms with van der Waals surface area (Å²) < 4.78 is 6.80. The van der Waals surface area contributed by atoms with Gasteiger partial charge in [0.25, 0.3) is 0 Å². The summed E-state index contributed by atoms with van der Waals surface area (Å²) in [5.41, 5.74) is 1.52. The molecule has 0 unspecified atom stereocenters. The summed E-state index contributed by atoms with van der Waals surface area (Å²) in [6.07, 6.45) is 2.38. The molecule has 0 saturated heterocycles. The van der Waals surface area contributed by atoms with Crippen LogP contribution in [-0.2, 0) is 11.2 Å². The SMILES string of the molecule is COCCc1c(Cl)c(C(=O)O)c2ccccn12. The van der Waals surface area contributed by atoms with Crippen molar-refractivity contribution in [2.24, 2.45) is 0 Å². The third-order valence-corrected chi connectivity index (χ3v) is 3.04. The Morgan fingerprint density at radius 1 is 1.53 bits per heavy atom. The third-order valence-electron chi connectivity index (χ3n) is 2.64. The number of ether oxygens (including phenoxy) is 1. The van der Waals surface area contributed by atoms with Crippen LogP contribution in [0.2, 0.25) is 5.02 Å². The predicted octanol–water partition coefficient (Wildman–Crippen LogP) is 2.48. The molecular formula is C12H12ClNO3. The Hall–Kier alpha value is -1.52. The summed E-state index contributed by atoms with van der Waals surface area (Å²) in [5, 5.41) is 9.47. The number of rotatable bonds is 4. The first-order valence-corrected chi connectivity index (χ1v) is 5.54. The lowest BCUT2D eigenvalue weighted by molar-refractivity contribution is 0.0699. The fourth-order valence-corrected chi connectivity index (χ4v) is 2.24. The number of carbonyl (C=O) groups is 1. The van der Waals surface area contributed by atoms with E-state index in [0.29, 0.717) is 23.6 Å². The standard InChI is InChI=1S/C12H12ClNO3/c1-17-7-5-9-11(13)10(12(15)16)8-4-2-3-6-14(8)9/h2-4,6H,5,7H2,1H3,(H,15,16). The van der Waals surface area contributed by atoms with E-state index < -0.39 is 5.97 Å². The molecule has 0 radical (unpaired) electrons. The van der Waals surface area contributed by atoms with Gasteiger partial charge in [0.15, 0.2) is 0 Å². The van der Waals surface area contributed by atoms with Gasteiger partial charge in [-0.3, -0.25) is 0 Å². The van der Waals surface area contributed by atoms with Gasteiger partial charge < -0.3 is 14.2 Å². The molecule has 4 nitrogen and oxygen atoms in total. The van der Waals surface area contributed by atoms with Crippen LogP contribution in [-0.4, -0.2) is 29.2 Å². The first kappa shape index (κ1) is 12.0. The Balaban J connectivity index is 2.66. The molecule has 0 aliphatic carbocycles. The summed E-state index contributed by atoms with van der Waals surface area (Å²) in [6, 6.07) is 5.37. The number of methoxy groups -OCH3 is 1. The van der Waals surface area contributed by atoms with Gasteiger partial charge in [0.05, 0.1) is 17.1 Å². The molecule has 0 aromatic carbocycles. The molecule has 0 amide bonds. The van der Waals surface area contributed by atoms with E-state index in [-0.39, 0.29) is 5.56 Å². The molecule has 0 fully saturated rings. The molecule has 0 atom stereocenters. The molecule has 1 N–H and O–H groups in total. The number of pyridine rings is 1. The van der Waals surface area contributed by atoms with Crippen LogP contribution in [0.15, 0.2) is 24.4 Å². The van der Waals surface area contributed by atoms with Crippen LogP contribution < -0.4 is 0 Å². The van der Waals surface area contributed by atoms with Gasteiger partial charge in [0, 0.05) is 25.4 Å². The van der Waals surface area contributed by atoms with Crippen molar-refractivity contribution < 1.29 is 14.6 Å². The van der Waals surface area contributed by atoms with Crippen LogP contribution in [0.5, 0.6) is 0 Å². The van der Waals surface area contributed by atoms with E-state index in [1.54, 1.807) is 29.8 Å². The zero-order chi connectivity index (χ0) is 12.4. The van der Waals surface area contributed by atoms with Gasteiger partial charge in [0.2, 0.25) is 0 Å². The van der Waals surface area contributed by atoms with Crippen molar-refractivity contribution in [2.45, 2.75) is 6.42 Å². The second-order valence-corrected chi connectivity index (χ2v) is 4.02. The highest BCUT2D eigenvalue weighted by atomic mass is 35.5. The fraction of sp³-hybridized carbons (Fsp3) is 0.250. The van der Waals surface area contributed by atoms with E-state index in [1.807, 2.05) is 6.07 Å². The number of fused-ring (bicyclic) bond motifs is 1. The van der Waals surface area contributed by atoms with Crippen molar-refractivity contribution in [3.05, 3.63) is 40.7 Å². The normalized spacial score (nSPS) is 10.9.